The van der Waals surface area contributed by atoms with Gasteiger partial charge in [-0.15, -0.1) is 0 Å². The molecule has 52 valence electrons. The zero-order valence-electron chi connectivity index (χ0n) is 5.54. The third-order valence-electron chi connectivity index (χ3n) is 0.814. The summed E-state index contributed by atoms with van der Waals surface area (Å²) in [7, 11) is 0. The smallest absolute Gasteiger partial charge is 0.178 e. The highest BCUT2D eigenvalue weighted by atomic mass is 16.1. The number of ketones is 2. The van der Waals surface area contributed by atoms with Gasteiger partial charge in [-0.1, -0.05) is 13.2 Å². The van der Waals surface area contributed by atoms with Crippen LogP contribution in [0.3, 0.4) is 0 Å². The van der Waals surface area contributed by atoms with Gasteiger partial charge in [-0.3, -0.25) is 9.59 Å². The number of hydrogen-bond acceptors (Lipinski definition) is 2. The molecule has 0 atom stereocenters. The second kappa shape index (κ2) is 4.44. The summed E-state index contributed by atoms with van der Waals surface area (Å²) in [6.07, 6.45) is 4.56. The fourth-order valence-corrected chi connectivity index (χ4v) is 0.300. The molecule has 0 aromatic heterocycles. The molecule has 0 unspecified atom stereocenters. The van der Waals surface area contributed by atoms with E-state index in [-0.39, 0.29) is 11.6 Å². The van der Waals surface area contributed by atoms with Crippen LogP contribution in [0.1, 0.15) is 0 Å². The van der Waals surface area contributed by atoms with Gasteiger partial charge in [0.15, 0.2) is 11.6 Å². The molecule has 0 spiro atoms. The molecule has 0 heterocycles. The molecule has 0 radical (unpaired) electrons. The quantitative estimate of drug-likeness (QED) is 0.541. The number of rotatable bonds is 4. The molecule has 0 aromatic rings. The first-order chi connectivity index (χ1) is 4.70. The van der Waals surface area contributed by atoms with Gasteiger partial charge in [0.1, 0.15) is 0 Å². The lowest BCUT2D eigenvalue weighted by atomic mass is 10.3. The monoisotopic (exact) mass is 136 g/mol. The molecular formula is C8H8O2. The minimum Gasteiger partial charge on any atom is -0.290 e. The summed E-state index contributed by atoms with van der Waals surface area (Å²) in [5.74, 6) is -0.564. The van der Waals surface area contributed by atoms with Crippen LogP contribution in [0.25, 0.3) is 0 Å². The predicted molar refractivity (Wildman–Crippen MR) is 39.5 cm³/mol. The highest BCUT2D eigenvalue weighted by Gasteiger charge is 1.88. The molecule has 0 bridgehead atoms. The van der Waals surface area contributed by atoms with Crippen LogP contribution in [-0.4, -0.2) is 11.6 Å². The number of hydrogen-bond donors (Lipinski definition) is 0. The Morgan fingerprint density at radius 1 is 0.900 bits per heavy atom. The van der Waals surface area contributed by atoms with Crippen LogP contribution in [-0.2, 0) is 9.59 Å². The molecule has 0 fully saturated rings. The van der Waals surface area contributed by atoms with Gasteiger partial charge in [0, 0.05) is 0 Å². The summed E-state index contributed by atoms with van der Waals surface area (Å²) in [6, 6.07) is 0. The van der Waals surface area contributed by atoms with Gasteiger partial charge in [0.25, 0.3) is 0 Å². The molecule has 10 heavy (non-hydrogen) atoms. The number of allylic oxidation sites excluding steroid dienone is 4. The van der Waals surface area contributed by atoms with Crippen molar-refractivity contribution in [1.82, 2.24) is 0 Å². The van der Waals surface area contributed by atoms with E-state index in [1.807, 2.05) is 0 Å². The molecule has 0 amide bonds. The van der Waals surface area contributed by atoms with Crippen molar-refractivity contribution in [3.63, 3.8) is 0 Å². The third-order valence-corrected chi connectivity index (χ3v) is 0.814. The van der Waals surface area contributed by atoms with Crippen LogP contribution in [0.15, 0.2) is 37.5 Å². The first kappa shape index (κ1) is 8.56. The highest BCUT2D eigenvalue weighted by Crippen LogP contribution is 1.80. The fourth-order valence-electron chi connectivity index (χ4n) is 0.300. The summed E-state index contributed by atoms with van der Waals surface area (Å²) in [5.41, 5.74) is 0. The fraction of sp³-hybridized carbons (Fsp3) is 0. The normalized spacial score (nSPS) is 9.20. The van der Waals surface area contributed by atoms with E-state index in [1.165, 1.54) is 0 Å². The van der Waals surface area contributed by atoms with Gasteiger partial charge in [0.2, 0.25) is 0 Å². The van der Waals surface area contributed by atoms with Crippen molar-refractivity contribution in [3.8, 4) is 0 Å². The molecule has 0 aliphatic rings. The molecule has 2 heteroatoms. The summed E-state index contributed by atoms with van der Waals surface area (Å²) in [4.78, 5) is 20.9. The first-order valence-electron chi connectivity index (χ1n) is 2.71. The first-order valence-corrected chi connectivity index (χ1v) is 2.71. The highest BCUT2D eigenvalue weighted by molar-refractivity contribution is 6.06. The molecule has 0 N–H and O–H groups in total. The Balaban J connectivity index is 3.98. The van der Waals surface area contributed by atoms with E-state index in [0.29, 0.717) is 0 Å². The van der Waals surface area contributed by atoms with E-state index in [0.717, 1.165) is 24.3 Å². The Morgan fingerprint density at radius 3 is 1.40 bits per heavy atom. The van der Waals surface area contributed by atoms with Gasteiger partial charge < -0.3 is 0 Å². The molecule has 0 aromatic carbocycles. The van der Waals surface area contributed by atoms with Gasteiger partial charge >= 0.3 is 0 Å². The van der Waals surface area contributed by atoms with E-state index >= 15 is 0 Å². The molecular weight excluding hydrogens is 128 g/mol. The Labute approximate surface area is 59.5 Å². The lowest BCUT2D eigenvalue weighted by Gasteiger charge is -1.78. The average molecular weight is 136 g/mol. The van der Waals surface area contributed by atoms with E-state index in [4.69, 9.17) is 0 Å². The number of carbonyl (C=O) groups is 2. The lowest BCUT2D eigenvalue weighted by Crippen LogP contribution is -1.88. The predicted octanol–water partition coefficient (Wildman–Crippen LogP) is 1.05. The van der Waals surface area contributed by atoms with Crippen LogP contribution < -0.4 is 0 Å². The summed E-state index contributed by atoms with van der Waals surface area (Å²) >= 11 is 0. The van der Waals surface area contributed by atoms with E-state index in [2.05, 4.69) is 13.2 Å². The molecule has 0 rings (SSSR count). The van der Waals surface area contributed by atoms with E-state index in [1.54, 1.807) is 0 Å². The maximum atomic E-state index is 10.4. The van der Waals surface area contributed by atoms with Crippen LogP contribution in [0.4, 0.5) is 0 Å². The van der Waals surface area contributed by atoms with Crippen LogP contribution in [0.5, 0.6) is 0 Å². The Morgan fingerprint density at radius 2 is 1.20 bits per heavy atom. The number of carbonyl (C=O) groups excluding carboxylic acids is 2. The zero-order valence-corrected chi connectivity index (χ0v) is 5.54. The van der Waals surface area contributed by atoms with Gasteiger partial charge in [-0.25, -0.2) is 0 Å². The Hall–Kier alpha value is -1.44. The van der Waals surface area contributed by atoms with Crippen molar-refractivity contribution >= 4 is 11.6 Å². The second-order valence-corrected chi connectivity index (χ2v) is 1.55. The van der Waals surface area contributed by atoms with Gasteiger partial charge in [0.05, 0.1) is 0 Å². The third kappa shape index (κ3) is 3.55. The van der Waals surface area contributed by atoms with E-state index < -0.39 is 0 Å². The topological polar surface area (TPSA) is 34.1 Å². The van der Waals surface area contributed by atoms with Crippen LogP contribution in [0.2, 0.25) is 0 Å². The Kier molecular flexibility index (Phi) is 3.80. The average Bonchev–Trinajstić information content (AvgIpc) is 1.99. The lowest BCUT2D eigenvalue weighted by molar-refractivity contribution is -0.112. The maximum Gasteiger partial charge on any atom is 0.178 e. The second-order valence-electron chi connectivity index (χ2n) is 1.55. The summed E-state index contributed by atoms with van der Waals surface area (Å²) in [5, 5.41) is 0. The van der Waals surface area contributed by atoms with Crippen molar-refractivity contribution in [2.24, 2.45) is 0 Å². The van der Waals surface area contributed by atoms with Crippen molar-refractivity contribution in [2.45, 2.75) is 0 Å². The summed E-state index contributed by atoms with van der Waals surface area (Å²) < 4.78 is 0. The molecule has 0 saturated heterocycles. The van der Waals surface area contributed by atoms with Gasteiger partial charge in [-0.2, -0.15) is 0 Å². The van der Waals surface area contributed by atoms with Crippen LogP contribution in [0, 0.1) is 0 Å². The SMILES string of the molecule is C=CC(=O)C=CC(=O)C=C. The van der Waals surface area contributed by atoms with Crippen LogP contribution >= 0.6 is 0 Å². The van der Waals surface area contributed by atoms with Crippen molar-refractivity contribution < 1.29 is 9.59 Å². The van der Waals surface area contributed by atoms with Crippen molar-refractivity contribution in [3.05, 3.63) is 37.5 Å². The minimum absolute atomic E-state index is 0.282. The standard InChI is InChI=1S/C8H8O2/c1-3-7(9)5-6-8(10)4-2/h3-6H,1-2H2. The van der Waals surface area contributed by atoms with Gasteiger partial charge in [-0.05, 0) is 24.3 Å². The summed E-state index contributed by atoms with van der Waals surface area (Å²) in [6.45, 7) is 6.45. The Bertz CT molecular complexity index is 177. The largest absolute Gasteiger partial charge is 0.290 e. The molecule has 0 saturated carbocycles. The van der Waals surface area contributed by atoms with Crippen molar-refractivity contribution in [1.29, 1.82) is 0 Å². The zero-order chi connectivity index (χ0) is 7.98. The molecule has 2 nitrogen and oxygen atoms in total. The maximum absolute atomic E-state index is 10.4. The molecule has 0 aliphatic heterocycles. The van der Waals surface area contributed by atoms with Crippen molar-refractivity contribution in [2.75, 3.05) is 0 Å². The minimum atomic E-state index is -0.282. The molecule has 0 aliphatic carbocycles. The van der Waals surface area contributed by atoms with E-state index in [9.17, 15) is 9.59 Å².